The third-order valence-corrected chi connectivity index (χ3v) is 2.70. The number of hydrogen-bond donors (Lipinski definition) is 1. The Bertz CT molecular complexity index is 541. The minimum absolute atomic E-state index is 0.341. The normalized spacial score (nSPS) is 10.1. The molecule has 2 rings (SSSR count). The number of anilines is 1. The van der Waals surface area contributed by atoms with Crippen LogP contribution in [0.3, 0.4) is 0 Å². The maximum Gasteiger partial charge on any atom is 0.216 e. The first-order valence-electron chi connectivity index (χ1n) is 5.68. The fourth-order valence-electron chi connectivity index (χ4n) is 1.69. The van der Waals surface area contributed by atoms with E-state index < -0.39 is 0 Å². The Balaban J connectivity index is 2.18. The smallest absolute Gasteiger partial charge is 0.216 e. The topological polar surface area (TPSA) is 57.4 Å². The van der Waals surface area contributed by atoms with Crippen LogP contribution in [0.4, 0.5) is 5.69 Å². The summed E-state index contributed by atoms with van der Waals surface area (Å²) in [6.45, 7) is 2.29. The molecule has 94 valence electrons. The number of nitrogen functional groups attached to an aromatic ring is 1. The first-order valence-corrected chi connectivity index (χ1v) is 5.68. The molecule has 0 aliphatic rings. The van der Waals surface area contributed by atoms with E-state index in [1.807, 2.05) is 37.3 Å². The average Bonchev–Trinajstić information content (AvgIpc) is 2.39. The Morgan fingerprint density at radius 3 is 2.78 bits per heavy atom. The van der Waals surface area contributed by atoms with Gasteiger partial charge >= 0.3 is 0 Å². The third-order valence-electron chi connectivity index (χ3n) is 2.70. The maximum absolute atomic E-state index is 5.92. The molecule has 18 heavy (non-hydrogen) atoms. The monoisotopic (exact) mass is 244 g/mol. The number of nitrogens with two attached hydrogens (primary N) is 1. The Morgan fingerprint density at radius 1 is 1.22 bits per heavy atom. The summed E-state index contributed by atoms with van der Waals surface area (Å²) in [4.78, 5) is 4.17. The van der Waals surface area contributed by atoms with Crippen LogP contribution in [0.2, 0.25) is 0 Å². The molecule has 0 amide bonds. The summed E-state index contributed by atoms with van der Waals surface area (Å²) in [7, 11) is 1.62. The van der Waals surface area contributed by atoms with Crippen LogP contribution in [0.15, 0.2) is 36.5 Å². The Hall–Kier alpha value is -2.23. The van der Waals surface area contributed by atoms with Crippen molar-refractivity contribution < 1.29 is 9.47 Å². The van der Waals surface area contributed by atoms with Gasteiger partial charge in [-0.1, -0.05) is 12.1 Å². The highest BCUT2D eigenvalue weighted by molar-refractivity contribution is 5.54. The van der Waals surface area contributed by atoms with Gasteiger partial charge in [-0.3, -0.25) is 0 Å². The molecule has 4 nitrogen and oxygen atoms in total. The molecule has 0 spiro atoms. The number of benzene rings is 1. The van der Waals surface area contributed by atoms with Gasteiger partial charge in [-0.15, -0.1) is 0 Å². The van der Waals surface area contributed by atoms with E-state index >= 15 is 0 Å². The predicted molar refractivity (Wildman–Crippen MR) is 70.7 cm³/mol. The van der Waals surface area contributed by atoms with Crippen molar-refractivity contribution in [2.24, 2.45) is 0 Å². The van der Waals surface area contributed by atoms with Gasteiger partial charge in [-0.25, -0.2) is 4.98 Å². The van der Waals surface area contributed by atoms with Crippen molar-refractivity contribution in [3.05, 3.63) is 47.7 Å². The van der Waals surface area contributed by atoms with Gasteiger partial charge in [0.2, 0.25) is 5.88 Å². The number of nitrogens with zero attached hydrogens (tertiary/aromatic N) is 1. The lowest BCUT2D eigenvalue weighted by molar-refractivity contribution is 0.284. The molecule has 1 heterocycles. The van der Waals surface area contributed by atoms with Crippen LogP contribution in [0.1, 0.15) is 11.1 Å². The lowest BCUT2D eigenvalue weighted by Crippen LogP contribution is -2.04. The van der Waals surface area contributed by atoms with Crippen molar-refractivity contribution in [1.29, 1.82) is 0 Å². The molecule has 0 unspecified atom stereocenters. The van der Waals surface area contributed by atoms with Gasteiger partial charge in [0.05, 0.1) is 12.7 Å². The van der Waals surface area contributed by atoms with E-state index in [4.69, 9.17) is 15.2 Å². The molecular formula is C14H16N2O2. The van der Waals surface area contributed by atoms with E-state index in [9.17, 15) is 0 Å². The first kappa shape index (κ1) is 12.2. The van der Waals surface area contributed by atoms with Gasteiger partial charge in [0.1, 0.15) is 12.4 Å². The van der Waals surface area contributed by atoms with Crippen LogP contribution in [-0.4, -0.2) is 12.1 Å². The van der Waals surface area contributed by atoms with Gasteiger partial charge in [0.15, 0.2) is 0 Å². The van der Waals surface area contributed by atoms with Crippen molar-refractivity contribution >= 4 is 5.69 Å². The van der Waals surface area contributed by atoms with E-state index in [2.05, 4.69) is 4.98 Å². The summed E-state index contributed by atoms with van der Waals surface area (Å²) in [6, 6.07) is 9.37. The Morgan fingerprint density at radius 2 is 2.06 bits per heavy atom. The molecule has 0 bridgehead atoms. The molecule has 2 aromatic rings. The fraction of sp³-hybridized carbons (Fsp3) is 0.214. The van der Waals surface area contributed by atoms with E-state index in [0.29, 0.717) is 18.2 Å². The third kappa shape index (κ3) is 2.53. The van der Waals surface area contributed by atoms with Crippen LogP contribution in [0, 0.1) is 6.92 Å². The van der Waals surface area contributed by atoms with Crippen molar-refractivity contribution in [3.8, 4) is 11.6 Å². The minimum Gasteiger partial charge on any atom is -0.496 e. The minimum atomic E-state index is 0.341. The predicted octanol–water partition coefficient (Wildman–Crippen LogP) is 2.56. The van der Waals surface area contributed by atoms with Gasteiger partial charge in [0.25, 0.3) is 0 Å². The molecule has 0 aliphatic heterocycles. The number of pyridine rings is 1. The van der Waals surface area contributed by atoms with Crippen LogP contribution in [0.5, 0.6) is 11.6 Å². The van der Waals surface area contributed by atoms with Crippen LogP contribution in [0.25, 0.3) is 0 Å². The lowest BCUT2D eigenvalue weighted by Gasteiger charge is -2.12. The molecule has 0 atom stereocenters. The standard InChI is InChI=1S/C14H16N2O2/c1-10-5-4-8-16-14(10)18-9-11-12(15)6-3-7-13(11)17-2/h3-8H,9,15H2,1-2H3. The van der Waals surface area contributed by atoms with Crippen LogP contribution >= 0.6 is 0 Å². The zero-order valence-corrected chi connectivity index (χ0v) is 10.5. The number of methoxy groups -OCH3 is 1. The first-order chi connectivity index (χ1) is 8.72. The van der Waals surface area contributed by atoms with Crippen molar-refractivity contribution in [1.82, 2.24) is 4.98 Å². The van der Waals surface area contributed by atoms with Crippen LogP contribution in [-0.2, 0) is 6.61 Å². The zero-order valence-electron chi connectivity index (χ0n) is 10.5. The number of aryl methyl sites for hydroxylation is 1. The van der Waals surface area contributed by atoms with Crippen molar-refractivity contribution in [2.75, 3.05) is 12.8 Å². The SMILES string of the molecule is COc1cccc(N)c1COc1ncccc1C. The Labute approximate surface area is 106 Å². The lowest BCUT2D eigenvalue weighted by atomic mass is 10.1. The zero-order chi connectivity index (χ0) is 13.0. The highest BCUT2D eigenvalue weighted by Gasteiger charge is 2.08. The Kier molecular flexibility index (Phi) is 3.67. The van der Waals surface area contributed by atoms with Crippen molar-refractivity contribution in [2.45, 2.75) is 13.5 Å². The molecule has 0 radical (unpaired) electrons. The molecule has 0 fully saturated rings. The summed E-state index contributed by atoms with van der Waals surface area (Å²) in [6.07, 6.45) is 1.70. The number of rotatable bonds is 4. The molecule has 4 heteroatoms. The summed E-state index contributed by atoms with van der Waals surface area (Å²) < 4.78 is 10.9. The molecule has 2 N–H and O–H groups in total. The molecular weight excluding hydrogens is 228 g/mol. The molecule has 1 aromatic heterocycles. The quantitative estimate of drug-likeness (QED) is 0.840. The second kappa shape index (κ2) is 5.40. The van der Waals surface area contributed by atoms with E-state index in [-0.39, 0.29) is 0 Å². The number of aromatic nitrogens is 1. The highest BCUT2D eigenvalue weighted by Crippen LogP contribution is 2.25. The largest absolute Gasteiger partial charge is 0.496 e. The highest BCUT2D eigenvalue weighted by atomic mass is 16.5. The summed E-state index contributed by atoms with van der Waals surface area (Å²) in [5, 5.41) is 0. The summed E-state index contributed by atoms with van der Waals surface area (Å²) in [5.41, 5.74) is 8.40. The summed E-state index contributed by atoms with van der Waals surface area (Å²) in [5.74, 6) is 1.34. The van der Waals surface area contributed by atoms with Gasteiger partial charge in [-0.05, 0) is 25.1 Å². The molecule has 0 aliphatic carbocycles. The van der Waals surface area contributed by atoms with Gasteiger partial charge < -0.3 is 15.2 Å². The maximum atomic E-state index is 5.92. The molecule has 1 aromatic carbocycles. The second-order valence-electron chi connectivity index (χ2n) is 3.94. The van der Waals surface area contributed by atoms with Crippen LogP contribution < -0.4 is 15.2 Å². The molecule has 0 saturated heterocycles. The van der Waals surface area contributed by atoms with Gasteiger partial charge in [-0.2, -0.15) is 0 Å². The fourth-order valence-corrected chi connectivity index (χ4v) is 1.69. The van der Waals surface area contributed by atoms with E-state index in [1.165, 1.54) is 0 Å². The van der Waals surface area contributed by atoms with E-state index in [0.717, 1.165) is 16.9 Å². The molecule has 0 saturated carbocycles. The average molecular weight is 244 g/mol. The summed E-state index contributed by atoms with van der Waals surface area (Å²) >= 11 is 0. The second-order valence-corrected chi connectivity index (χ2v) is 3.94. The van der Waals surface area contributed by atoms with Gasteiger partial charge in [0, 0.05) is 17.4 Å². The van der Waals surface area contributed by atoms with E-state index in [1.54, 1.807) is 13.3 Å². The van der Waals surface area contributed by atoms with Crippen molar-refractivity contribution in [3.63, 3.8) is 0 Å². The number of ether oxygens (including phenoxy) is 2. The number of hydrogen-bond acceptors (Lipinski definition) is 4.